The van der Waals surface area contributed by atoms with Crippen LogP contribution in [0.3, 0.4) is 0 Å². The predicted molar refractivity (Wildman–Crippen MR) is 83.3 cm³/mol. The number of rotatable bonds is 4. The minimum absolute atomic E-state index is 0.487. The molecule has 0 aliphatic carbocycles. The van der Waals surface area contributed by atoms with E-state index in [1.807, 2.05) is 19.4 Å². The third-order valence-electron chi connectivity index (χ3n) is 4.00. The summed E-state index contributed by atoms with van der Waals surface area (Å²) in [5.41, 5.74) is 0.895. The molecule has 0 spiro atoms. The summed E-state index contributed by atoms with van der Waals surface area (Å²) in [5, 5.41) is 4.09. The topological polar surface area (TPSA) is 50.1 Å². The molecule has 1 fully saturated rings. The van der Waals surface area contributed by atoms with E-state index >= 15 is 0 Å². The van der Waals surface area contributed by atoms with Crippen LogP contribution in [0.15, 0.2) is 12.4 Å². The molecule has 0 amide bonds. The Hall–Kier alpha value is -1.02. The summed E-state index contributed by atoms with van der Waals surface area (Å²) in [6.45, 7) is 7.01. The van der Waals surface area contributed by atoms with Gasteiger partial charge in [0.2, 0.25) is 0 Å². The van der Waals surface area contributed by atoms with Crippen LogP contribution in [0, 0.1) is 0 Å². The Morgan fingerprint density at radius 2 is 2.24 bits per heavy atom. The number of piperazine rings is 1. The van der Waals surface area contributed by atoms with Crippen molar-refractivity contribution in [1.82, 2.24) is 28.9 Å². The highest BCUT2D eigenvalue weighted by atomic mass is 35.5. The van der Waals surface area contributed by atoms with E-state index in [1.54, 1.807) is 0 Å². The molecule has 2 aromatic heterocycles. The van der Waals surface area contributed by atoms with E-state index in [4.69, 9.17) is 11.6 Å². The van der Waals surface area contributed by atoms with Gasteiger partial charge in [0, 0.05) is 63.2 Å². The first-order chi connectivity index (χ1) is 10.1. The van der Waals surface area contributed by atoms with Gasteiger partial charge in [-0.2, -0.15) is 0 Å². The van der Waals surface area contributed by atoms with E-state index in [0.717, 1.165) is 44.2 Å². The molecule has 0 unspecified atom stereocenters. The molecule has 0 bridgehead atoms. The maximum absolute atomic E-state index is 6.08. The molecule has 1 aliphatic heterocycles. The van der Waals surface area contributed by atoms with Gasteiger partial charge in [-0.1, -0.05) is 16.1 Å². The van der Waals surface area contributed by atoms with Crippen molar-refractivity contribution in [3.05, 3.63) is 28.2 Å². The second kappa shape index (κ2) is 6.39. The molecule has 0 aromatic carbocycles. The summed E-state index contributed by atoms with van der Waals surface area (Å²) >= 11 is 7.34. The number of nitrogens with zero attached hydrogens (tertiary/aromatic N) is 6. The summed E-state index contributed by atoms with van der Waals surface area (Å²) in [6.07, 6.45) is 3.85. The molecule has 6 nitrogen and oxygen atoms in total. The van der Waals surface area contributed by atoms with Gasteiger partial charge in [0.25, 0.3) is 0 Å². The summed E-state index contributed by atoms with van der Waals surface area (Å²) in [6, 6.07) is 0.487. The predicted octanol–water partition coefficient (Wildman–Crippen LogP) is 1.63. The number of imidazole rings is 1. The van der Waals surface area contributed by atoms with Crippen LogP contribution in [0.2, 0.25) is 4.34 Å². The van der Waals surface area contributed by atoms with Gasteiger partial charge in [0.1, 0.15) is 15.9 Å². The molecule has 1 saturated heterocycles. The number of aryl methyl sites for hydroxylation is 1. The molecule has 0 saturated carbocycles. The quantitative estimate of drug-likeness (QED) is 0.854. The van der Waals surface area contributed by atoms with Crippen LogP contribution < -0.4 is 0 Å². The Labute approximate surface area is 133 Å². The molecule has 1 aliphatic rings. The highest BCUT2D eigenvalue weighted by Gasteiger charge is 2.25. The lowest BCUT2D eigenvalue weighted by atomic mass is 10.2. The molecule has 0 radical (unpaired) electrons. The molecule has 114 valence electrons. The SMILES string of the molecule is C[C@@H]1CN(Cc2nnsc2Cl)CCN1Cc1nccn1C. The normalized spacial score (nSPS) is 21.0. The molecule has 1 atom stereocenters. The first-order valence-electron chi connectivity index (χ1n) is 7.03. The third-order valence-corrected chi connectivity index (χ3v) is 4.98. The molecule has 2 aromatic rings. The van der Waals surface area contributed by atoms with E-state index in [9.17, 15) is 0 Å². The Bertz CT molecular complexity index is 597. The summed E-state index contributed by atoms with van der Waals surface area (Å²) < 4.78 is 6.68. The van der Waals surface area contributed by atoms with Crippen molar-refractivity contribution in [1.29, 1.82) is 0 Å². The van der Waals surface area contributed by atoms with Crippen LogP contribution >= 0.6 is 23.1 Å². The Kier molecular flexibility index (Phi) is 4.54. The summed E-state index contributed by atoms with van der Waals surface area (Å²) in [5.74, 6) is 1.11. The zero-order valence-electron chi connectivity index (χ0n) is 12.2. The fourth-order valence-corrected chi connectivity index (χ4v) is 3.29. The Balaban J connectivity index is 1.57. The first-order valence-corrected chi connectivity index (χ1v) is 8.18. The molecule has 3 heterocycles. The minimum Gasteiger partial charge on any atom is -0.337 e. The van der Waals surface area contributed by atoms with Crippen LogP contribution in [0.5, 0.6) is 0 Å². The number of halogens is 1. The summed E-state index contributed by atoms with van der Waals surface area (Å²) in [7, 11) is 2.04. The number of hydrogen-bond donors (Lipinski definition) is 0. The number of hydrogen-bond acceptors (Lipinski definition) is 6. The average Bonchev–Trinajstić information content (AvgIpc) is 3.03. The van der Waals surface area contributed by atoms with E-state index in [1.165, 1.54) is 11.5 Å². The van der Waals surface area contributed by atoms with Gasteiger partial charge < -0.3 is 4.57 Å². The van der Waals surface area contributed by atoms with Gasteiger partial charge in [-0.15, -0.1) is 5.10 Å². The van der Waals surface area contributed by atoms with Crippen LogP contribution in [0.1, 0.15) is 18.4 Å². The fourth-order valence-electron chi connectivity index (χ4n) is 2.68. The lowest BCUT2D eigenvalue weighted by Crippen LogP contribution is -2.51. The van der Waals surface area contributed by atoms with Gasteiger partial charge in [0.15, 0.2) is 0 Å². The van der Waals surface area contributed by atoms with Gasteiger partial charge in [-0.25, -0.2) is 4.98 Å². The maximum Gasteiger partial charge on any atom is 0.138 e. The van der Waals surface area contributed by atoms with Crippen molar-refractivity contribution in [2.45, 2.75) is 26.1 Å². The van der Waals surface area contributed by atoms with Crippen LogP contribution in [0.4, 0.5) is 0 Å². The molecular weight excluding hydrogens is 308 g/mol. The highest BCUT2D eigenvalue weighted by Crippen LogP contribution is 2.21. The van der Waals surface area contributed by atoms with Crippen molar-refractivity contribution in [2.24, 2.45) is 7.05 Å². The molecule has 0 N–H and O–H groups in total. The second-order valence-electron chi connectivity index (χ2n) is 5.50. The maximum atomic E-state index is 6.08. The lowest BCUT2D eigenvalue weighted by molar-refractivity contribution is 0.0700. The van der Waals surface area contributed by atoms with Crippen molar-refractivity contribution >= 4 is 23.1 Å². The van der Waals surface area contributed by atoms with Crippen LogP contribution in [0.25, 0.3) is 0 Å². The highest BCUT2D eigenvalue weighted by molar-refractivity contribution is 7.10. The largest absolute Gasteiger partial charge is 0.337 e. The van der Waals surface area contributed by atoms with Crippen molar-refractivity contribution < 1.29 is 0 Å². The molecule has 3 rings (SSSR count). The smallest absolute Gasteiger partial charge is 0.138 e. The molecular formula is C13H19ClN6S. The second-order valence-corrected chi connectivity index (χ2v) is 6.86. The third kappa shape index (κ3) is 3.42. The molecule has 21 heavy (non-hydrogen) atoms. The zero-order chi connectivity index (χ0) is 14.8. The van der Waals surface area contributed by atoms with Gasteiger partial charge >= 0.3 is 0 Å². The van der Waals surface area contributed by atoms with Crippen molar-refractivity contribution in [2.75, 3.05) is 19.6 Å². The van der Waals surface area contributed by atoms with E-state index in [2.05, 4.69) is 35.9 Å². The van der Waals surface area contributed by atoms with E-state index in [0.29, 0.717) is 10.4 Å². The van der Waals surface area contributed by atoms with Gasteiger partial charge in [-0.05, 0) is 6.92 Å². The van der Waals surface area contributed by atoms with Crippen molar-refractivity contribution in [3.63, 3.8) is 0 Å². The van der Waals surface area contributed by atoms with Gasteiger partial charge in [0.05, 0.1) is 6.54 Å². The monoisotopic (exact) mass is 326 g/mol. The van der Waals surface area contributed by atoms with E-state index in [-0.39, 0.29) is 0 Å². The van der Waals surface area contributed by atoms with E-state index < -0.39 is 0 Å². The fraction of sp³-hybridized carbons (Fsp3) is 0.615. The Morgan fingerprint density at radius 1 is 1.38 bits per heavy atom. The summed E-state index contributed by atoms with van der Waals surface area (Å²) in [4.78, 5) is 9.27. The van der Waals surface area contributed by atoms with Crippen LogP contribution in [-0.4, -0.2) is 54.6 Å². The standard InChI is InChI=1S/C13H19ClN6S/c1-10-7-19(8-11-13(14)21-17-16-11)5-6-20(10)9-12-15-3-4-18(12)2/h3-4,10H,5-9H2,1-2H3/t10-/m1/s1. The minimum atomic E-state index is 0.487. The Morgan fingerprint density at radius 3 is 2.86 bits per heavy atom. The van der Waals surface area contributed by atoms with Gasteiger partial charge in [-0.3, -0.25) is 9.80 Å². The molecule has 8 heteroatoms. The van der Waals surface area contributed by atoms with Crippen LogP contribution in [-0.2, 0) is 20.1 Å². The lowest BCUT2D eigenvalue weighted by Gasteiger charge is -2.39. The van der Waals surface area contributed by atoms with Crippen molar-refractivity contribution in [3.8, 4) is 0 Å². The number of aromatic nitrogens is 4. The average molecular weight is 327 g/mol. The first kappa shape index (κ1) is 14.9. The zero-order valence-corrected chi connectivity index (χ0v) is 13.8.